The Morgan fingerprint density at radius 2 is 1.93 bits per heavy atom. The van der Waals surface area contributed by atoms with Gasteiger partial charge >= 0.3 is 0 Å². The van der Waals surface area contributed by atoms with E-state index in [-0.39, 0.29) is 5.56 Å². The van der Waals surface area contributed by atoms with E-state index in [9.17, 15) is 4.79 Å². The zero-order valence-electron chi connectivity index (χ0n) is 15.9. The zero-order valence-corrected chi connectivity index (χ0v) is 15.9. The summed E-state index contributed by atoms with van der Waals surface area (Å²) in [5, 5.41) is 0. The fraction of sp³-hybridized carbons (Fsp3) is 0.545. The highest BCUT2D eigenvalue weighted by molar-refractivity contribution is 5.56. The van der Waals surface area contributed by atoms with Gasteiger partial charge in [-0.3, -0.25) is 9.69 Å². The van der Waals surface area contributed by atoms with Crippen molar-refractivity contribution in [2.24, 2.45) is 0 Å². The minimum absolute atomic E-state index is 0.0543. The number of hydrogen-bond acceptors (Lipinski definition) is 4. The van der Waals surface area contributed by atoms with Crippen LogP contribution in [-0.4, -0.2) is 52.0 Å². The molecular formula is C22H28N4O. The predicted molar refractivity (Wildman–Crippen MR) is 107 cm³/mol. The van der Waals surface area contributed by atoms with Crippen LogP contribution in [-0.2, 0) is 19.4 Å². The van der Waals surface area contributed by atoms with Crippen molar-refractivity contribution in [1.29, 1.82) is 0 Å². The predicted octanol–water partition coefficient (Wildman–Crippen LogP) is 2.60. The number of aromatic amines is 1. The number of H-pyrrole nitrogens is 1. The molecule has 1 aromatic carbocycles. The normalized spacial score (nSPS) is 25.2. The lowest BCUT2D eigenvalue weighted by Gasteiger charge is -2.31. The molecule has 1 aromatic heterocycles. The van der Waals surface area contributed by atoms with Crippen molar-refractivity contribution in [1.82, 2.24) is 19.8 Å². The molecule has 142 valence electrons. The maximum absolute atomic E-state index is 12.5. The molecule has 5 nitrogen and oxygen atoms in total. The van der Waals surface area contributed by atoms with Crippen molar-refractivity contribution in [3.05, 3.63) is 51.4 Å². The zero-order chi connectivity index (χ0) is 18.2. The number of piperidine rings is 1. The number of aromatic nitrogens is 2. The second-order valence-electron chi connectivity index (χ2n) is 8.29. The van der Waals surface area contributed by atoms with Crippen molar-refractivity contribution < 1.29 is 0 Å². The maximum Gasteiger partial charge on any atom is 0.254 e. The van der Waals surface area contributed by atoms with E-state index in [1.165, 1.54) is 38.0 Å². The summed E-state index contributed by atoms with van der Waals surface area (Å²) in [7, 11) is 0. The standard InChI is InChI=1S/C22H28N4O/c27-22-19-6-1-2-7-20(19)23-21(24-22)17-5-3-4-16(14-17)15-26-13-12-25-10-8-18(26)9-11-25/h3-5,14,18H,1-2,6-13,15H2,(H,23,24,27). The molecule has 1 aliphatic carbocycles. The summed E-state index contributed by atoms with van der Waals surface area (Å²) in [5.41, 5.74) is 4.30. The Morgan fingerprint density at radius 1 is 1.07 bits per heavy atom. The Morgan fingerprint density at radius 3 is 2.81 bits per heavy atom. The Hall–Kier alpha value is -1.98. The largest absolute Gasteiger partial charge is 0.306 e. The molecule has 3 fully saturated rings. The molecule has 2 bridgehead atoms. The number of benzene rings is 1. The van der Waals surface area contributed by atoms with Gasteiger partial charge in [0.2, 0.25) is 0 Å². The van der Waals surface area contributed by atoms with Gasteiger partial charge in [-0.1, -0.05) is 18.2 Å². The van der Waals surface area contributed by atoms with Crippen molar-refractivity contribution in [2.45, 2.75) is 51.1 Å². The van der Waals surface area contributed by atoms with Crippen LogP contribution in [0.3, 0.4) is 0 Å². The summed E-state index contributed by atoms with van der Waals surface area (Å²) in [5.74, 6) is 0.727. The van der Waals surface area contributed by atoms with Crippen molar-refractivity contribution in [2.75, 3.05) is 26.2 Å². The molecule has 0 atom stereocenters. The lowest BCUT2D eigenvalue weighted by molar-refractivity contribution is 0.176. The minimum atomic E-state index is 0.0543. The molecule has 1 N–H and O–H groups in total. The summed E-state index contributed by atoms with van der Waals surface area (Å²) >= 11 is 0. The number of nitrogens with one attached hydrogen (secondary N) is 1. The highest BCUT2D eigenvalue weighted by Crippen LogP contribution is 2.25. The molecule has 0 unspecified atom stereocenters. The number of aryl methyl sites for hydroxylation is 1. The van der Waals surface area contributed by atoms with Gasteiger partial charge in [0.05, 0.1) is 5.69 Å². The Balaban J connectivity index is 1.41. The van der Waals surface area contributed by atoms with Crippen LogP contribution in [0.5, 0.6) is 0 Å². The van der Waals surface area contributed by atoms with E-state index < -0.39 is 0 Å². The molecule has 6 rings (SSSR count). The van der Waals surface area contributed by atoms with Crippen molar-refractivity contribution in [3.8, 4) is 11.4 Å². The van der Waals surface area contributed by atoms with Crippen LogP contribution in [0.25, 0.3) is 11.4 Å². The molecule has 0 saturated carbocycles. The van der Waals surface area contributed by atoms with Gasteiger partial charge in [-0.2, -0.15) is 0 Å². The molecule has 27 heavy (non-hydrogen) atoms. The first kappa shape index (κ1) is 17.1. The van der Waals surface area contributed by atoms with E-state index >= 15 is 0 Å². The van der Waals surface area contributed by atoms with Gasteiger partial charge < -0.3 is 9.88 Å². The van der Waals surface area contributed by atoms with Crippen molar-refractivity contribution >= 4 is 0 Å². The quantitative estimate of drug-likeness (QED) is 0.910. The van der Waals surface area contributed by atoms with E-state index in [1.807, 2.05) is 0 Å². The second kappa shape index (κ2) is 7.21. The number of rotatable bonds is 3. The first-order valence-electron chi connectivity index (χ1n) is 10.4. The number of nitrogens with zero attached hydrogens (tertiary/aromatic N) is 3. The van der Waals surface area contributed by atoms with Gasteiger partial charge in [0.15, 0.2) is 0 Å². The fourth-order valence-electron chi connectivity index (χ4n) is 4.96. The van der Waals surface area contributed by atoms with E-state index in [4.69, 9.17) is 4.98 Å². The Kier molecular flexibility index (Phi) is 4.58. The molecular weight excluding hydrogens is 336 g/mol. The van der Waals surface area contributed by atoms with Gasteiger partial charge in [-0.05, 0) is 63.2 Å². The van der Waals surface area contributed by atoms with Gasteiger partial charge in [0.1, 0.15) is 5.82 Å². The topological polar surface area (TPSA) is 52.2 Å². The third kappa shape index (κ3) is 3.46. The Bertz CT molecular complexity index is 882. The van der Waals surface area contributed by atoms with Gasteiger partial charge in [-0.25, -0.2) is 4.98 Å². The smallest absolute Gasteiger partial charge is 0.254 e. The molecule has 4 aliphatic rings. The van der Waals surface area contributed by atoms with Crippen LogP contribution in [0.2, 0.25) is 0 Å². The van der Waals surface area contributed by atoms with E-state index in [1.54, 1.807) is 0 Å². The average Bonchev–Trinajstić information content (AvgIpc) is 3.02. The number of hydrogen-bond donors (Lipinski definition) is 1. The molecule has 0 spiro atoms. The third-order valence-corrected chi connectivity index (χ3v) is 6.55. The van der Waals surface area contributed by atoms with E-state index in [0.717, 1.165) is 61.4 Å². The van der Waals surface area contributed by atoms with E-state index in [0.29, 0.717) is 6.04 Å². The molecule has 5 heteroatoms. The van der Waals surface area contributed by atoms with Crippen LogP contribution in [0, 0.1) is 0 Å². The Labute approximate surface area is 160 Å². The summed E-state index contributed by atoms with van der Waals surface area (Å²) < 4.78 is 0. The van der Waals surface area contributed by atoms with Gasteiger partial charge in [-0.15, -0.1) is 0 Å². The van der Waals surface area contributed by atoms with Crippen molar-refractivity contribution in [3.63, 3.8) is 0 Å². The molecule has 2 aromatic rings. The molecule has 3 saturated heterocycles. The van der Waals surface area contributed by atoms with Crippen LogP contribution in [0.1, 0.15) is 42.5 Å². The first-order valence-corrected chi connectivity index (χ1v) is 10.4. The SMILES string of the molecule is O=c1[nH]c(-c2cccc(CN3CCN4CCC3CC4)c2)nc2c1CCCC2. The molecule has 3 aliphatic heterocycles. The van der Waals surface area contributed by atoms with Crippen LogP contribution >= 0.6 is 0 Å². The minimum Gasteiger partial charge on any atom is -0.306 e. The van der Waals surface area contributed by atoms with Crippen LogP contribution < -0.4 is 5.56 Å². The summed E-state index contributed by atoms with van der Waals surface area (Å²) in [6.07, 6.45) is 6.61. The highest BCUT2D eigenvalue weighted by atomic mass is 16.1. The van der Waals surface area contributed by atoms with Gasteiger partial charge in [0, 0.05) is 36.8 Å². The second-order valence-corrected chi connectivity index (χ2v) is 8.29. The monoisotopic (exact) mass is 364 g/mol. The summed E-state index contributed by atoms with van der Waals surface area (Å²) in [6, 6.07) is 9.30. The number of fused-ring (bicyclic) bond motifs is 5. The summed E-state index contributed by atoms with van der Waals surface area (Å²) in [4.78, 5) is 25.6. The van der Waals surface area contributed by atoms with Gasteiger partial charge in [0.25, 0.3) is 5.56 Å². The average molecular weight is 364 g/mol. The molecule has 0 amide bonds. The molecule has 4 heterocycles. The lowest BCUT2D eigenvalue weighted by atomic mass is 9.97. The highest BCUT2D eigenvalue weighted by Gasteiger charge is 2.28. The van der Waals surface area contributed by atoms with Crippen LogP contribution in [0.4, 0.5) is 0 Å². The van der Waals surface area contributed by atoms with Crippen LogP contribution in [0.15, 0.2) is 29.1 Å². The maximum atomic E-state index is 12.5. The third-order valence-electron chi connectivity index (χ3n) is 6.55. The van der Waals surface area contributed by atoms with E-state index in [2.05, 4.69) is 39.0 Å². The fourth-order valence-corrected chi connectivity index (χ4v) is 4.96. The first-order chi connectivity index (χ1) is 13.3. The molecule has 0 radical (unpaired) electrons. The summed E-state index contributed by atoms with van der Waals surface area (Å²) in [6.45, 7) is 5.84. The lowest BCUT2D eigenvalue weighted by Crippen LogP contribution is -2.37.